The van der Waals surface area contributed by atoms with Gasteiger partial charge >= 0.3 is 0 Å². The van der Waals surface area contributed by atoms with Crippen LogP contribution < -0.4 is 5.32 Å². The number of rotatable bonds is 0. The highest BCUT2D eigenvalue weighted by Gasteiger charge is 2.11. The van der Waals surface area contributed by atoms with Gasteiger partial charge < -0.3 is 5.32 Å². The van der Waals surface area contributed by atoms with Crippen LogP contribution in [0.1, 0.15) is 20.3 Å². The summed E-state index contributed by atoms with van der Waals surface area (Å²) in [7, 11) is 0. The van der Waals surface area contributed by atoms with Crippen molar-refractivity contribution in [2.45, 2.75) is 26.3 Å². The molecule has 0 aromatic carbocycles. The molecule has 0 fully saturated rings. The molecule has 2 nitrogen and oxygen atoms in total. The van der Waals surface area contributed by atoms with Gasteiger partial charge in [0.2, 0.25) is 0 Å². The molecule has 1 aliphatic heterocycles. The Kier molecular flexibility index (Phi) is 1.56. The predicted molar refractivity (Wildman–Crippen MR) is 36.0 cm³/mol. The van der Waals surface area contributed by atoms with Crippen LogP contribution >= 0.6 is 0 Å². The van der Waals surface area contributed by atoms with Gasteiger partial charge in [0.15, 0.2) is 5.78 Å². The first-order valence-electron chi connectivity index (χ1n) is 3.16. The first-order valence-corrected chi connectivity index (χ1v) is 3.16. The van der Waals surface area contributed by atoms with Gasteiger partial charge in [-0.2, -0.15) is 0 Å². The molecule has 0 aromatic heterocycles. The lowest BCUT2D eigenvalue weighted by Gasteiger charge is -2.18. The topological polar surface area (TPSA) is 29.1 Å². The molecule has 0 saturated carbocycles. The smallest absolute Gasteiger partial charge is 0.159 e. The van der Waals surface area contributed by atoms with Gasteiger partial charge in [-0.3, -0.25) is 4.79 Å². The molecule has 0 unspecified atom stereocenters. The maximum atomic E-state index is 10.8. The minimum Gasteiger partial charge on any atom is -0.386 e. The van der Waals surface area contributed by atoms with E-state index in [9.17, 15) is 4.79 Å². The van der Waals surface area contributed by atoms with Crippen molar-refractivity contribution in [1.82, 2.24) is 5.32 Å². The van der Waals surface area contributed by atoms with Crippen molar-refractivity contribution in [2.24, 2.45) is 0 Å². The van der Waals surface area contributed by atoms with E-state index >= 15 is 0 Å². The van der Waals surface area contributed by atoms with Crippen molar-refractivity contribution in [3.8, 4) is 0 Å². The van der Waals surface area contributed by atoms with Crippen LogP contribution in [-0.2, 0) is 4.79 Å². The third-order valence-electron chi connectivity index (χ3n) is 1.36. The molecule has 0 amide bonds. The molecule has 50 valence electrons. The Bertz CT molecular complexity index is 160. The molecule has 1 rings (SSSR count). The lowest BCUT2D eigenvalue weighted by atomic mass is 10.1. The average Bonchev–Trinajstić information content (AvgIpc) is 1.59. The highest BCUT2D eigenvalue weighted by molar-refractivity contribution is 5.91. The molecule has 1 atom stereocenters. The fourth-order valence-corrected chi connectivity index (χ4v) is 1.08. The van der Waals surface area contributed by atoms with Gasteiger partial charge in [0.25, 0.3) is 0 Å². The van der Waals surface area contributed by atoms with Crippen molar-refractivity contribution in [3.63, 3.8) is 0 Å². The number of carbonyl (C=O) groups excluding carboxylic acids is 1. The summed E-state index contributed by atoms with van der Waals surface area (Å²) in [6.45, 7) is 3.92. The fraction of sp³-hybridized carbons (Fsp3) is 0.571. The summed E-state index contributed by atoms with van der Waals surface area (Å²) in [5.41, 5.74) is 0.985. The van der Waals surface area contributed by atoms with Crippen molar-refractivity contribution in [2.75, 3.05) is 0 Å². The minimum absolute atomic E-state index is 0.235. The van der Waals surface area contributed by atoms with Crippen LogP contribution in [0.25, 0.3) is 0 Å². The zero-order valence-electron chi connectivity index (χ0n) is 5.77. The highest BCUT2D eigenvalue weighted by atomic mass is 16.1. The summed E-state index contributed by atoms with van der Waals surface area (Å²) in [5.74, 6) is 0.235. The summed E-state index contributed by atoms with van der Waals surface area (Å²) in [4.78, 5) is 10.8. The van der Waals surface area contributed by atoms with Gasteiger partial charge in [0.05, 0.1) is 0 Å². The number of allylic oxidation sites excluding steroid dienone is 2. The number of carbonyl (C=O) groups is 1. The van der Waals surface area contributed by atoms with Gasteiger partial charge in [-0.1, -0.05) is 0 Å². The van der Waals surface area contributed by atoms with E-state index in [0.717, 1.165) is 5.70 Å². The van der Waals surface area contributed by atoms with Crippen LogP contribution in [0.3, 0.4) is 0 Å². The largest absolute Gasteiger partial charge is 0.386 e. The molecule has 0 radical (unpaired) electrons. The second-order valence-electron chi connectivity index (χ2n) is 2.54. The Morgan fingerprint density at radius 1 is 1.78 bits per heavy atom. The van der Waals surface area contributed by atoms with E-state index in [1.165, 1.54) is 0 Å². The van der Waals surface area contributed by atoms with E-state index in [2.05, 4.69) is 5.32 Å². The third kappa shape index (κ3) is 1.56. The van der Waals surface area contributed by atoms with E-state index in [-0.39, 0.29) is 5.78 Å². The molecule has 1 heterocycles. The quantitative estimate of drug-likeness (QED) is 0.519. The van der Waals surface area contributed by atoms with E-state index in [4.69, 9.17) is 0 Å². The van der Waals surface area contributed by atoms with Crippen LogP contribution in [0.4, 0.5) is 0 Å². The van der Waals surface area contributed by atoms with E-state index in [0.29, 0.717) is 12.5 Å². The zero-order chi connectivity index (χ0) is 6.85. The van der Waals surface area contributed by atoms with E-state index in [1.807, 2.05) is 13.8 Å². The number of hydrogen-bond donors (Lipinski definition) is 1. The molecule has 0 aliphatic carbocycles. The monoisotopic (exact) mass is 125 g/mol. The second-order valence-corrected chi connectivity index (χ2v) is 2.54. The van der Waals surface area contributed by atoms with Crippen LogP contribution in [0.2, 0.25) is 0 Å². The molecule has 0 saturated heterocycles. The lowest BCUT2D eigenvalue weighted by Crippen LogP contribution is -2.30. The van der Waals surface area contributed by atoms with Gasteiger partial charge in [-0.15, -0.1) is 0 Å². The predicted octanol–water partition coefficient (Wildman–Crippen LogP) is 0.841. The third-order valence-corrected chi connectivity index (χ3v) is 1.36. The Balaban J connectivity index is 2.67. The lowest BCUT2D eigenvalue weighted by molar-refractivity contribution is -0.115. The summed E-state index contributed by atoms with van der Waals surface area (Å²) >= 11 is 0. The second kappa shape index (κ2) is 2.21. The molecule has 1 N–H and O–H groups in total. The van der Waals surface area contributed by atoms with Gasteiger partial charge in [0.1, 0.15) is 0 Å². The highest BCUT2D eigenvalue weighted by Crippen LogP contribution is 2.04. The van der Waals surface area contributed by atoms with Crippen molar-refractivity contribution < 1.29 is 4.79 Å². The van der Waals surface area contributed by atoms with Gasteiger partial charge in [0, 0.05) is 18.2 Å². The molecule has 0 aromatic rings. The van der Waals surface area contributed by atoms with Crippen LogP contribution in [0, 0.1) is 0 Å². The summed E-state index contributed by atoms with van der Waals surface area (Å²) in [6, 6.07) is 0.322. The summed E-state index contributed by atoms with van der Waals surface area (Å²) in [5, 5.41) is 3.15. The van der Waals surface area contributed by atoms with Crippen molar-refractivity contribution in [1.29, 1.82) is 0 Å². The average molecular weight is 125 g/mol. The fourth-order valence-electron chi connectivity index (χ4n) is 1.08. The van der Waals surface area contributed by atoms with E-state index in [1.54, 1.807) is 6.08 Å². The molecular weight excluding hydrogens is 114 g/mol. The van der Waals surface area contributed by atoms with Crippen LogP contribution in [0.15, 0.2) is 11.8 Å². The first kappa shape index (κ1) is 6.33. The summed E-state index contributed by atoms with van der Waals surface area (Å²) in [6.07, 6.45) is 2.29. The van der Waals surface area contributed by atoms with Gasteiger partial charge in [-0.25, -0.2) is 0 Å². The van der Waals surface area contributed by atoms with E-state index < -0.39 is 0 Å². The maximum Gasteiger partial charge on any atom is 0.159 e. The normalized spacial score (nSPS) is 27.1. The first-order chi connectivity index (χ1) is 4.18. The minimum atomic E-state index is 0.235. The Morgan fingerprint density at radius 3 is 2.89 bits per heavy atom. The SMILES string of the molecule is CC1=CC(=O)C[C@@H](C)N1. The molecule has 9 heavy (non-hydrogen) atoms. The molecule has 0 spiro atoms. The molecule has 2 heteroatoms. The van der Waals surface area contributed by atoms with Crippen molar-refractivity contribution >= 4 is 5.78 Å². The Morgan fingerprint density at radius 2 is 2.44 bits per heavy atom. The van der Waals surface area contributed by atoms with Gasteiger partial charge in [-0.05, 0) is 19.9 Å². The zero-order valence-corrected chi connectivity index (χ0v) is 5.77. The van der Waals surface area contributed by atoms with Crippen LogP contribution in [0.5, 0.6) is 0 Å². The van der Waals surface area contributed by atoms with Crippen LogP contribution in [-0.4, -0.2) is 11.8 Å². The number of hydrogen-bond acceptors (Lipinski definition) is 2. The molecular formula is C7H11NO. The Labute approximate surface area is 54.9 Å². The standard InChI is InChI=1S/C7H11NO/c1-5-3-7(9)4-6(2)8-5/h3,6,8H,4H2,1-2H3/t6-/m1/s1. The number of nitrogens with one attached hydrogen (secondary N) is 1. The maximum absolute atomic E-state index is 10.8. The Hall–Kier alpha value is -0.790. The summed E-state index contributed by atoms with van der Waals surface area (Å²) < 4.78 is 0. The molecule has 1 aliphatic rings. The van der Waals surface area contributed by atoms with Crippen molar-refractivity contribution in [3.05, 3.63) is 11.8 Å². The number of ketones is 1. The molecule has 0 bridgehead atoms.